The van der Waals surface area contributed by atoms with Gasteiger partial charge in [-0.15, -0.1) is 0 Å². The van der Waals surface area contributed by atoms with E-state index < -0.39 is 0 Å². The van der Waals surface area contributed by atoms with Gasteiger partial charge in [-0.3, -0.25) is 4.79 Å². The molecule has 2 aromatic carbocycles. The molecular weight excluding hydrogens is 476 g/mol. The normalized spacial score (nSPS) is 19.8. The molecule has 3 nitrogen and oxygen atoms in total. The molecule has 0 radical (unpaired) electrons. The fraction of sp³-hybridized carbons (Fsp3) is 0.417. The third-order valence-electron chi connectivity index (χ3n) is 8.66. The number of aromatic nitrogens is 2. The lowest BCUT2D eigenvalue weighted by molar-refractivity contribution is -0.115. The molecule has 2 aliphatic carbocycles. The minimum absolute atomic E-state index is 0.209. The van der Waals surface area contributed by atoms with Crippen molar-refractivity contribution in [3.63, 3.8) is 0 Å². The van der Waals surface area contributed by atoms with Crippen LogP contribution in [0.15, 0.2) is 84.6 Å². The van der Waals surface area contributed by atoms with Crippen LogP contribution in [0.3, 0.4) is 0 Å². The van der Waals surface area contributed by atoms with Gasteiger partial charge in [0.1, 0.15) is 5.82 Å². The van der Waals surface area contributed by atoms with Crippen LogP contribution in [0, 0.1) is 11.8 Å². The third-order valence-corrected chi connectivity index (χ3v) is 8.66. The summed E-state index contributed by atoms with van der Waals surface area (Å²) in [5.41, 5.74) is 6.83. The average Bonchev–Trinajstić information content (AvgIpc) is 3.46. The van der Waals surface area contributed by atoms with E-state index in [4.69, 9.17) is 4.98 Å². The molecule has 1 atom stereocenters. The lowest BCUT2D eigenvalue weighted by atomic mass is 9.78. The first-order valence-electron chi connectivity index (χ1n) is 15.0. The quantitative estimate of drug-likeness (QED) is 0.255. The Bertz CT molecular complexity index is 1310. The molecule has 1 fully saturated rings. The van der Waals surface area contributed by atoms with Gasteiger partial charge in [-0.25, -0.2) is 9.97 Å². The summed E-state index contributed by atoms with van der Waals surface area (Å²) in [6.45, 7) is 4.44. The number of Topliss-reactive ketones (excluding diaryl/α,β-unsaturated/α-hetero) is 1. The van der Waals surface area contributed by atoms with Gasteiger partial charge in [0.15, 0.2) is 5.78 Å². The Morgan fingerprint density at radius 3 is 2.49 bits per heavy atom. The van der Waals surface area contributed by atoms with Gasteiger partial charge in [0.2, 0.25) is 0 Å². The maximum Gasteiger partial charge on any atom is 0.159 e. The van der Waals surface area contributed by atoms with Crippen molar-refractivity contribution in [3.8, 4) is 0 Å². The molecule has 0 spiro atoms. The van der Waals surface area contributed by atoms with Crippen molar-refractivity contribution in [2.24, 2.45) is 11.8 Å². The number of benzene rings is 2. The molecule has 1 saturated carbocycles. The van der Waals surface area contributed by atoms with E-state index in [-0.39, 0.29) is 11.7 Å². The number of carbonyl (C=O) groups excluding carboxylic acids is 1. The highest BCUT2D eigenvalue weighted by Crippen LogP contribution is 2.34. The second-order valence-electron chi connectivity index (χ2n) is 11.7. The molecular formula is C36H42N2O. The molecule has 3 aromatic rings. The van der Waals surface area contributed by atoms with Crippen LogP contribution in [-0.2, 0) is 17.6 Å². The van der Waals surface area contributed by atoms with Crippen LogP contribution in [-0.4, -0.2) is 15.8 Å². The van der Waals surface area contributed by atoms with E-state index in [1.54, 1.807) is 0 Å². The van der Waals surface area contributed by atoms with Crippen LogP contribution >= 0.6 is 0 Å². The molecule has 3 heteroatoms. The zero-order valence-electron chi connectivity index (χ0n) is 23.6. The van der Waals surface area contributed by atoms with Gasteiger partial charge in [-0.2, -0.15) is 0 Å². The molecule has 202 valence electrons. The molecule has 5 rings (SSSR count). The van der Waals surface area contributed by atoms with Crippen molar-refractivity contribution >= 4 is 11.4 Å². The van der Waals surface area contributed by atoms with E-state index in [2.05, 4.69) is 61.3 Å². The summed E-state index contributed by atoms with van der Waals surface area (Å²) >= 11 is 0. The van der Waals surface area contributed by atoms with Crippen molar-refractivity contribution in [3.05, 3.63) is 113 Å². The van der Waals surface area contributed by atoms with E-state index in [0.29, 0.717) is 12.8 Å². The predicted octanol–water partition coefficient (Wildman–Crippen LogP) is 8.69. The van der Waals surface area contributed by atoms with Crippen molar-refractivity contribution in [2.45, 2.75) is 84.0 Å². The van der Waals surface area contributed by atoms with Crippen LogP contribution < -0.4 is 0 Å². The predicted molar refractivity (Wildman–Crippen MR) is 160 cm³/mol. The summed E-state index contributed by atoms with van der Waals surface area (Å²) < 4.78 is 0. The number of hydrogen-bond donors (Lipinski definition) is 0. The zero-order valence-corrected chi connectivity index (χ0v) is 23.6. The number of hydrogen-bond acceptors (Lipinski definition) is 3. The van der Waals surface area contributed by atoms with E-state index in [1.807, 2.05) is 36.5 Å². The average molecular weight is 519 g/mol. The fourth-order valence-electron chi connectivity index (χ4n) is 6.38. The molecule has 1 aromatic heterocycles. The first-order valence-corrected chi connectivity index (χ1v) is 15.0. The van der Waals surface area contributed by atoms with E-state index in [1.165, 1.54) is 61.6 Å². The Morgan fingerprint density at radius 1 is 0.923 bits per heavy atom. The maximum atomic E-state index is 13.0. The van der Waals surface area contributed by atoms with Crippen LogP contribution in [0.2, 0.25) is 0 Å². The lowest BCUT2D eigenvalue weighted by Gasteiger charge is -2.28. The van der Waals surface area contributed by atoms with Gasteiger partial charge in [0, 0.05) is 25.5 Å². The van der Waals surface area contributed by atoms with Gasteiger partial charge in [-0.05, 0) is 70.9 Å². The summed E-state index contributed by atoms with van der Waals surface area (Å²) in [5, 5.41) is 0. The summed E-state index contributed by atoms with van der Waals surface area (Å²) in [7, 11) is 0. The van der Waals surface area contributed by atoms with Crippen molar-refractivity contribution in [1.82, 2.24) is 9.97 Å². The van der Waals surface area contributed by atoms with Crippen molar-refractivity contribution in [2.75, 3.05) is 0 Å². The third kappa shape index (κ3) is 7.41. The van der Waals surface area contributed by atoms with Crippen LogP contribution in [0.5, 0.6) is 0 Å². The molecule has 0 unspecified atom stereocenters. The topological polar surface area (TPSA) is 42.9 Å². The van der Waals surface area contributed by atoms with Crippen LogP contribution in [0.4, 0.5) is 0 Å². The van der Waals surface area contributed by atoms with Crippen LogP contribution in [0.1, 0.15) is 99.3 Å². The van der Waals surface area contributed by atoms with Gasteiger partial charge < -0.3 is 0 Å². The Labute approximate surface area is 234 Å². The highest BCUT2D eigenvalue weighted by molar-refractivity contribution is 6.00. The second kappa shape index (κ2) is 13.2. The van der Waals surface area contributed by atoms with Crippen LogP contribution in [0.25, 0.3) is 5.57 Å². The van der Waals surface area contributed by atoms with Gasteiger partial charge in [0.05, 0.1) is 5.69 Å². The Hall–Kier alpha value is -3.33. The number of nitrogens with zero attached hydrogens (tertiary/aromatic N) is 2. The molecule has 0 amide bonds. The van der Waals surface area contributed by atoms with E-state index in [9.17, 15) is 4.79 Å². The van der Waals surface area contributed by atoms with Gasteiger partial charge in [-0.1, -0.05) is 106 Å². The number of carbonyl (C=O) groups is 1. The number of rotatable bonds is 11. The van der Waals surface area contributed by atoms with Gasteiger partial charge >= 0.3 is 0 Å². The lowest BCUT2D eigenvalue weighted by Crippen LogP contribution is -2.16. The maximum absolute atomic E-state index is 13.0. The minimum atomic E-state index is 0.209. The monoisotopic (exact) mass is 518 g/mol. The molecule has 0 saturated heterocycles. The summed E-state index contributed by atoms with van der Waals surface area (Å²) in [6, 6.07) is 21.3. The first kappa shape index (κ1) is 27.2. The molecule has 0 aliphatic heterocycles. The second-order valence-corrected chi connectivity index (χ2v) is 11.7. The van der Waals surface area contributed by atoms with Crippen molar-refractivity contribution in [1.29, 1.82) is 0 Å². The Kier molecular flexibility index (Phi) is 9.19. The largest absolute Gasteiger partial charge is 0.295 e. The molecule has 0 N–H and O–H groups in total. The highest BCUT2D eigenvalue weighted by atomic mass is 16.1. The Morgan fingerprint density at radius 2 is 1.69 bits per heavy atom. The summed E-state index contributed by atoms with van der Waals surface area (Å²) in [6.07, 6.45) is 17.3. The SMILES string of the molecule is CCCC1CCC(Cc2cccc(Cc3nccc(C4=CC=C(C(=O)C[C@H](C)c5ccccc5)C4)n3)c2)CC1. The Balaban J connectivity index is 1.15. The number of ketones is 1. The highest BCUT2D eigenvalue weighted by Gasteiger charge is 2.22. The number of allylic oxidation sites excluding steroid dienone is 4. The zero-order chi connectivity index (χ0) is 27.0. The summed E-state index contributed by atoms with van der Waals surface area (Å²) in [5.74, 6) is 3.05. The molecule has 39 heavy (non-hydrogen) atoms. The van der Waals surface area contributed by atoms with E-state index in [0.717, 1.165) is 40.9 Å². The molecule has 0 bridgehead atoms. The van der Waals surface area contributed by atoms with E-state index >= 15 is 0 Å². The first-order chi connectivity index (χ1) is 19.1. The minimum Gasteiger partial charge on any atom is -0.295 e. The van der Waals surface area contributed by atoms with Gasteiger partial charge in [0.25, 0.3) is 0 Å². The van der Waals surface area contributed by atoms with Crippen molar-refractivity contribution < 1.29 is 4.79 Å². The standard InChI is InChI=1S/C36H42N2O/c1-3-8-27-13-15-28(16-14-27)22-29-9-7-10-30(23-29)24-36-37-20-19-34(38-36)32-17-18-33(25-32)35(39)21-26(2)31-11-5-4-6-12-31/h4-7,9-12,17-20,23,26-28H,3,8,13-16,21-22,24-25H2,1-2H3/t26-,27?,28?/m0/s1. The smallest absolute Gasteiger partial charge is 0.159 e. The molecule has 1 heterocycles. The summed E-state index contributed by atoms with van der Waals surface area (Å²) in [4.78, 5) is 22.5. The molecule has 2 aliphatic rings. The fourth-order valence-corrected chi connectivity index (χ4v) is 6.38.